The van der Waals surface area contributed by atoms with Crippen molar-refractivity contribution in [2.45, 2.75) is 45.4 Å². The van der Waals surface area contributed by atoms with Crippen LogP contribution in [0.3, 0.4) is 0 Å². The molecule has 37 heavy (non-hydrogen) atoms. The number of phenols is 1. The fraction of sp³-hybridized carbons (Fsp3) is 0.467. The van der Waals surface area contributed by atoms with Crippen molar-refractivity contribution in [3.8, 4) is 5.75 Å². The van der Waals surface area contributed by atoms with Gasteiger partial charge in [0.05, 0.1) is 23.7 Å². The number of hydrogen-bond acceptors (Lipinski definition) is 5. The number of nitrogens with zero attached hydrogens (tertiary/aromatic N) is 2. The molecule has 2 aliphatic carbocycles. The van der Waals surface area contributed by atoms with E-state index in [9.17, 15) is 24.3 Å². The molecule has 0 bridgehead atoms. The van der Waals surface area contributed by atoms with E-state index < -0.39 is 29.6 Å². The van der Waals surface area contributed by atoms with E-state index in [1.165, 1.54) is 9.80 Å². The lowest BCUT2D eigenvalue weighted by Crippen LogP contribution is -2.43. The van der Waals surface area contributed by atoms with Gasteiger partial charge in [-0.1, -0.05) is 55.8 Å². The van der Waals surface area contributed by atoms with Gasteiger partial charge in [0.15, 0.2) is 0 Å². The van der Waals surface area contributed by atoms with E-state index in [0.717, 1.165) is 16.3 Å². The SMILES string of the molecule is CCCN1C(=O)[C@H]2[C@H](CC=C3[C@H]2C[C@H]2C(=O)N(CCC)C(=O)[C@H]2[C@H]3c2c(O)ccc3ccccc23)C1=O. The van der Waals surface area contributed by atoms with Crippen molar-refractivity contribution in [2.24, 2.45) is 29.6 Å². The number of imide groups is 2. The second-order valence-electron chi connectivity index (χ2n) is 10.9. The number of allylic oxidation sites excluding steroid dienone is 2. The number of carbonyl (C=O) groups is 4. The van der Waals surface area contributed by atoms with Crippen molar-refractivity contribution >= 4 is 34.4 Å². The third-order valence-electron chi connectivity index (χ3n) is 8.98. The molecule has 3 fully saturated rings. The highest BCUT2D eigenvalue weighted by atomic mass is 16.3. The van der Waals surface area contributed by atoms with Gasteiger partial charge >= 0.3 is 0 Å². The fourth-order valence-electron chi connectivity index (χ4n) is 7.54. The average Bonchev–Trinajstić information content (AvgIpc) is 3.28. The number of benzene rings is 2. The molecular weight excluding hydrogens is 468 g/mol. The molecule has 4 aliphatic rings. The molecule has 192 valence electrons. The predicted molar refractivity (Wildman–Crippen MR) is 137 cm³/mol. The molecule has 6 rings (SSSR count). The van der Waals surface area contributed by atoms with Crippen LogP contribution >= 0.6 is 0 Å². The summed E-state index contributed by atoms with van der Waals surface area (Å²) < 4.78 is 0. The topological polar surface area (TPSA) is 95.0 Å². The van der Waals surface area contributed by atoms with Crippen molar-refractivity contribution in [1.29, 1.82) is 0 Å². The second kappa shape index (κ2) is 8.82. The Morgan fingerprint density at radius 3 is 2.14 bits per heavy atom. The number of carbonyl (C=O) groups excluding carboxylic acids is 4. The number of likely N-dealkylation sites (tertiary alicyclic amines) is 2. The van der Waals surface area contributed by atoms with Gasteiger partial charge in [-0.3, -0.25) is 29.0 Å². The number of fused-ring (bicyclic) bond motifs is 5. The lowest BCUT2D eigenvalue weighted by Gasteiger charge is -2.44. The summed E-state index contributed by atoms with van der Waals surface area (Å²) in [5.41, 5.74) is 1.57. The average molecular weight is 501 g/mol. The third kappa shape index (κ3) is 3.32. The van der Waals surface area contributed by atoms with Gasteiger partial charge in [-0.25, -0.2) is 0 Å². The molecule has 1 saturated carbocycles. The lowest BCUT2D eigenvalue weighted by molar-refractivity contribution is -0.142. The van der Waals surface area contributed by atoms with Crippen LogP contribution in [0, 0.1) is 29.6 Å². The Hall–Kier alpha value is -3.48. The molecule has 2 aromatic rings. The zero-order chi connectivity index (χ0) is 26.0. The maximum Gasteiger partial charge on any atom is 0.234 e. The number of phenolic OH excluding ortho intramolecular Hbond substituents is 1. The van der Waals surface area contributed by atoms with E-state index in [1.54, 1.807) is 6.07 Å². The standard InChI is InChI=1S/C30H32N2O5/c1-3-13-31-27(34)19-11-10-18-20(23(19)29(31)36)15-21-26(30(37)32(14-4-2)28(21)35)25(18)24-17-8-6-5-7-16(17)9-12-22(24)33/h5-10,12,19-21,23,25-26,33H,3-4,11,13-15H2,1-2H3/t19-,20+,21+,23-,25+,26+/m0/s1. The molecule has 6 atom stereocenters. The highest BCUT2D eigenvalue weighted by Gasteiger charge is 2.62. The molecule has 2 heterocycles. The maximum atomic E-state index is 13.8. The quantitative estimate of drug-likeness (QED) is 0.495. The maximum absolute atomic E-state index is 13.8. The highest BCUT2D eigenvalue weighted by molar-refractivity contribution is 6.08. The van der Waals surface area contributed by atoms with E-state index in [-0.39, 0.29) is 35.3 Å². The van der Waals surface area contributed by atoms with Crippen LogP contribution in [0.4, 0.5) is 0 Å². The normalized spacial score (nSPS) is 31.0. The minimum atomic E-state index is -0.631. The summed E-state index contributed by atoms with van der Waals surface area (Å²) in [6.07, 6.45) is 4.20. The number of aromatic hydroxyl groups is 1. The van der Waals surface area contributed by atoms with E-state index in [2.05, 4.69) is 0 Å². The Morgan fingerprint density at radius 2 is 1.43 bits per heavy atom. The summed E-state index contributed by atoms with van der Waals surface area (Å²) in [6.45, 7) is 4.64. The lowest BCUT2D eigenvalue weighted by atomic mass is 9.56. The molecule has 2 aliphatic heterocycles. The summed E-state index contributed by atoms with van der Waals surface area (Å²) in [5.74, 6) is -3.59. The molecule has 2 aromatic carbocycles. The Kier molecular flexibility index (Phi) is 5.70. The second-order valence-corrected chi connectivity index (χ2v) is 10.9. The fourth-order valence-corrected chi connectivity index (χ4v) is 7.54. The third-order valence-corrected chi connectivity index (χ3v) is 8.98. The van der Waals surface area contributed by atoms with E-state index in [1.807, 2.05) is 50.3 Å². The smallest absolute Gasteiger partial charge is 0.234 e. The molecule has 7 nitrogen and oxygen atoms in total. The van der Waals surface area contributed by atoms with Gasteiger partial charge in [0.2, 0.25) is 23.6 Å². The van der Waals surface area contributed by atoms with Crippen molar-refractivity contribution in [3.05, 3.63) is 53.6 Å². The van der Waals surface area contributed by atoms with E-state index in [0.29, 0.717) is 44.3 Å². The van der Waals surface area contributed by atoms with Gasteiger partial charge in [0.1, 0.15) is 5.75 Å². The predicted octanol–water partition coefficient (Wildman–Crippen LogP) is 4.00. The minimum Gasteiger partial charge on any atom is -0.508 e. The molecule has 0 unspecified atom stereocenters. The van der Waals surface area contributed by atoms with E-state index in [4.69, 9.17) is 0 Å². The zero-order valence-electron chi connectivity index (χ0n) is 21.2. The first-order valence-electron chi connectivity index (χ1n) is 13.5. The van der Waals surface area contributed by atoms with Crippen LogP contribution in [0.15, 0.2) is 48.0 Å². The Labute approximate surface area is 216 Å². The zero-order valence-corrected chi connectivity index (χ0v) is 21.2. The van der Waals surface area contributed by atoms with Crippen LogP contribution in [-0.4, -0.2) is 51.6 Å². The van der Waals surface area contributed by atoms with Gasteiger partial charge in [0.25, 0.3) is 0 Å². The molecule has 2 saturated heterocycles. The van der Waals surface area contributed by atoms with Gasteiger partial charge in [-0.05, 0) is 48.4 Å². The first kappa shape index (κ1) is 23.9. The van der Waals surface area contributed by atoms with Crippen molar-refractivity contribution in [1.82, 2.24) is 9.80 Å². The molecule has 0 spiro atoms. The van der Waals surface area contributed by atoms with Crippen molar-refractivity contribution in [3.63, 3.8) is 0 Å². The highest BCUT2D eigenvalue weighted by Crippen LogP contribution is 2.59. The van der Waals surface area contributed by atoms with Crippen LogP contribution in [0.25, 0.3) is 10.8 Å². The number of amides is 4. The summed E-state index contributed by atoms with van der Waals surface area (Å²) in [7, 11) is 0. The summed E-state index contributed by atoms with van der Waals surface area (Å²) >= 11 is 0. The van der Waals surface area contributed by atoms with Crippen LogP contribution in [0.5, 0.6) is 5.75 Å². The van der Waals surface area contributed by atoms with Crippen molar-refractivity contribution < 1.29 is 24.3 Å². The van der Waals surface area contributed by atoms with Gasteiger partial charge in [0, 0.05) is 24.6 Å². The van der Waals surface area contributed by atoms with Gasteiger partial charge in [-0.15, -0.1) is 0 Å². The van der Waals surface area contributed by atoms with Crippen LogP contribution in [-0.2, 0) is 19.2 Å². The first-order chi connectivity index (χ1) is 17.9. The van der Waals surface area contributed by atoms with Crippen LogP contribution in [0.2, 0.25) is 0 Å². The summed E-state index contributed by atoms with van der Waals surface area (Å²) in [5, 5.41) is 13.0. The van der Waals surface area contributed by atoms with Crippen LogP contribution < -0.4 is 0 Å². The van der Waals surface area contributed by atoms with E-state index >= 15 is 0 Å². The molecule has 0 aromatic heterocycles. The summed E-state index contributed by atoms with van der Waals surface area (Å²) in [6, 6.07) is 11.2. The van der Waals surface area contributed by atoms with Crippen molar-refractivity contribution in [2.75, 3.05) is 13.1 Å². The molecule has 1 N–H and O–H groups in total. The molecule has 4 amide bonds. The summed E-state index contributed by atoms with van der Waals surface area (Å²) in [4.78, 5) is 56.9. The number of hydrogen-bond donors (Lipinski definition) is 1. The Bertz CT molecular complexity index is 1360. The molecular formula is C30H32N2O5. The van der Waals surface area contributed by atoms with Gasteiger partial charge < -0.3 is 5.11 Å². The number of rotatable bonds is 5. The first-order valence-corrected chi connectivity index (χ1v) is 13.5. The Morgan fingerprint density at radius 1 is 0.784 bits per heavy atom. The monoisotopic (exact) mass is 500 g/mol. The molecule has 0 radical (unpaired) electrons. The largest absolute Gasteiger partial charge is 0.508 e. The minimum absolute atomic E-state index is 0.0850. The van der Waals surface area contributed by atoms with Crippen LogP contribution in [0.1, 0.15) is 51.0 Å². The van der Waals surface area contributed by atoms with Gasteiger partial charge in [-0.2, -0.15) is 0 Å². The Balaban J connectivity index is 1.54. The molecule has 7 heteroatoms.